The first-order chi connectivity index (χ1) is 7.66. The second kappa shape index (κ2) is 4.49. The summed E-state index contributed by atoms with van der Waals surface area (Å²) in [5.74, 6) is 0.0477. The molecule has 0 atom stereocenters. The van der Waals surface area contributed by atoms with Crippen LogP contribution in [0.2, 0.25) is 0 Å². The van der Waals surface area contributed by atoms with Crippen LogP contribution in [0.5, 0.6) is 0 Å². The molecule has 3 heteroatoms. The van der Waals surface area contributed by atoms with Crippen LogP contribution in [0.4, 0.5) is 0 Å². The number of carbonyl (C=O) groups is 1. The normalized spacial score (nSPS) is 15.9. The zero-order valence-electron chi connectivity index (χ0n) is 9.66. The number of carbonyl (C=O) groups excluding carboxylic acids is 1. The summed E-state index contributed by atoms with van der Waals surface area (Å²) in [4.78, 5) is 13.8. The molecule has 1 aromatic carbocycles. The summed E-state index contributed by atoms with van der Waals surface area (Å²) >= 11 is 0. The van der Waals surface area contributed by atoms with E-state index in [1.54, 1.807) is 4.90 Å². The minimum Gasteiger partial charge on any atom is -0.302 e. The molecular formula is C13H16N2O. The predicted octanol–water partition coefficient (Wildman–Crippen LogP) is 1.90. The van der Waals surface area contributed by atoms with Crippen molar-refractivity contribution in [1.29, 1.82) is 0 Å². The first kappa shape index (κ1) is 10.9. The number of aryl methyl sites for hydroxylation is 1. The summed E-state index contributed by atoms with van der Waals surface area (Å²) in [5.41, 5.74) is 3.07. The number of nitrogens with zero attached hydrogens (tertiary/aromatic N) is 1. The van der Waals surface area contributed by atoms with Crippen LogP contribution in [-0.2, 0) is 0 Å². The highest BCUT2D eigenvalue weighted by Gasteiger charge is 2.15. The Labute approximate surface area is 95.8 Å². The molecule has 0 radical (unpaired) electrons. The third kappa shape index (κ3) is 2.31. The molecule has 3 nitrogen and oxygen atoms in total. The summed E-state index contributed by atoms with van der Waals surface area (Å²) in [7, 11) is 0. The standard InChI is InChI=1S/C13H16N2O/c1-10-3-5-12(6-4-10)13(16)15-8-11(2)7-14-9-15/h3-6,8,14H,7,9H2,1-2H3. The molecule has 0 fully saturated rings. The maximum Gasteiger partial charge on any atom is 0.258 e. The van der Waals surface area contributed by atoms with Crippen LogP contribution in [0, 0.1) is 6.92 Å². The minimum atomic E-state index is 0.0477. The van der Waals surface area contributed by atoms with Gasteiger partial charge in [0.15, 0.2) is 0 Å². The van der Waals surface area contributed by atoms with E-state index >= 15 is 0 Å². The van der Waals surface area contributed by atoms with Crippen LogP contribution >= 0.6 is 0 Å². The van der Waals surface area contributed by atoms with E-state index in [2.05, 4.69) is 5.32 Å². The van der Waals surface area contributed by atoms with Crippen molar-refractivity contribution in [3.05, 3.63) is 47.2 Å². The van der Waals surface area contributed by atoms with Gasteiger partial charge in [-0.3, -0.25) is 10.1 Å². The third-order valence-corrected chi connectivity index (χ3v) is 2.62. The maximum atomic E-state index is 12.1. The fourth-order valence-electron chi connectivity index (χ4n) is 1.72. The molecule has 0 spiro atoms. The van der Waals surface area contributed by atoms with Gasteiger partial charge in [-0.2, -0.15) is 0 Å². The molecule has 1 aliphatic rings. The van der Waals surface area contributed by atoms with Crippen molar-refractivity contribution in [3.63, 3.8) is 0 Å². The highest BCUT2D eigenvalue weighted by Crippen LogP contribution is 2.10. The van der Waals surface area contributed by atoms with Crippen molar-refractivity contribution in [2.45, 2.75) is 13.8 Å². The SMILES string of the molecule is CC1=CN(C(=O)c2ccc(C)cc2)CNC1. The largest absolute Gasteiger partial charge is 0.302 e. The van der Waals surface area contributed by atoms with Gasteiger partial charge in [-0.05, 0) is 31.6 Å². The molecule has 0 saturated heterocycles. The van der Waals surface area contributed by atoms with Crippen molar-refractivity contribution in [2.24, 2.45) is 0 Å². The Morgan fingerprint density at radius 3 is 2.56 bits per heavy atom. The monoisotopic (exact) mass is 216 g/mol. The zero-order chi connectivity index (χ0) is 11.5. The van der Waals surface area contributed by atoms with Gasteiger partial charge in [-0.15, -0.1) is 0 Å². The van der Waals surface area contributed by atoms with E-state index in [0.29, 0.717) is 6.67 Å². The van der Waals surface area contributed by atoms with E-state index in [1.165, 1.54) is 11.1 Å². The van der Waals surface area contributed by atoms with Crippen LogP contribution in [0.15, 0.2) is 36.0 Å². The van der Waals surface area contributed by atoms with E-state index in [0.717, 1.165) is 12.1 Å². The summed E-state index contributed by atoms with van der Waals surface area (Å²) in [6.07, 6.45) is 1.92. The number of rotatable bonds is 1. The zero-order valence-corrected chi connectivity index (χ0v) is 9.66. The second-order valence-corrected chi connectivity index (χ2v) is 4.20. The fourth-order valence-corrected chi connectivity index (χ4v) is 1.72. The topological polar surface area (TPSA) is 32.3 Å². The van der Waals surface area contributed by atoms with Crippen LogP contribution < -0.4 is 5.32 Å². The third-order valence-electron chi connectivity index (χ3n) is 2.62. The summed E-state index contributed by atoms with van der Waals surface area (Å²) in [5, 5.41) is 3.18. The highest BCUT2D eigenvalue weighted by atomic mass is 16.2. The highest BCUT2D eigenvalue weighted by molar-refractivity contribution is 5.95. The van der Waals surface area contributed by atoms with Gasteiger partial charge in [-0.1, -0.05) is 17.7 Å². The molecule has 0 aromatic heterocycles. The van der Waals surface area contributed by atoms with Crippen LogP contribution in [0.1, 0.15) is 22.8 Å². The molecule has 1 aliphatic heterocycles. The van der Waals surface area contributed by atoms with Crippen LogP contribution in [-0.4, -0.2) is 24.0 Å². The van der Waals surface area contributed by atoms with E-state index in [9.17, 15) is 4.79 Å². The number of hydrogen-bond donors (Lipinski definition) is 1. The summed E-state index contributed by atoms with van der Waals surface area (Å²) in [6.45, 7) is 5.48. The van der Waals surface area contributed by atoms with Gasteiger partial charge in [0.25, 0.3) is 5.91 Å². The molecule has 0 unspecified atom stereocenters. The molecule has 1 aromatic rings. The fraction of sp³-hybridized carbons (Fsp3) is 0.308. The number of benzene rings is 1. The lowest BCUT2D eigenvalue weighted by molar-refractivity contribution is 0.0805. The molecule has 0 aliphatic carbocycles. The molecule has 1 amide bonds. The first-order valence-electron chi connectivity index (χ1n) is 5.42. The summed E-state index contributed by atoms with van der Waals surface area (Å²) in [6, 6.07) is 7.66. The predicted molar refractivity (Wildman–Crippen MR) is 64.0 cm³/mol. The number of amides is 1. The summed E-state index contributed by atoms with van der Waals surface area (Å²) < 4.78 is 0. The Bertz CT molecular complexity index is 420. The molecule has 0 bridgehead atoms. The van der Waals surface area contributed by atoms with Crippen molar-refractivity contribution in [1.82, 2.24) is 10.2 Å². The van der Waals surface area contributed by atoms with Crippen molar-refractivity contribution in [3.8, 4) is 0 Å². The van der Waals surface area contributed by atoms with Crippen molar-refractivity contribution in [2.75, 3.05) is 13.2 Å². The lowest BCUT2D eigenvalue weighted by atomic mass is 10.1. The minimum absolute atomic E-state index is 0.0477. The molecule has 16 heavy (non-hydrogen) atoms. The number of hydrogen-bond acceptors (Lipinski definition) is 2. The Hall–Kier alpha value is -1.61. The lowest BCUT2D eigenvalue weighted by Crippen LogP contribution is -2.39. The van der Waals surface area contributed by atoms with E-state index in [4.69, 9.17) is 0 Å². The van der Waals surface area contributed by atoms with Gasteiger partial charge in [0.05, 0.1) is 6.67 Å². The maximum absolute atomic E-state index is 12.1. The average molecular weight is 216 g/mol. The lowest BCUT2D eigenvalue weighted by Gasteiger charge is -2.24. The van der Waals surface area contributed by atoms with E-state index < -0.39 is 0 Å². The van der Waals surface area contributed by atoms with E-state index in [-0.39, 0.29) is 5.91 Å². The Morgan fingerprint density at radius 1 is 1.25 bits per heavy atom. The second-order valence-electron chi connectivity index (χ2n) is 4.20. The first-order valence-corrected chi connectivity index (χ1v) is 5.42. The van der Waals surface area contributed by atoms with Crippen LogP contribution in [0.3, 0.4) is 0 Å². The molecule has 0 saturated carbocycles. The van der Waals surface area contributed by atoms with Gasteiger partial charge < -0.3 is 4.90 Å². The van der Waals surface area contributed by atoms with Gasteiger partial charge in [-0.25, -0.2) is 0 Å². The van der Waals surface area contributed by atoms with Gasteiger partial charge in [0.1, 0.15) is 0 Å². The van der Waals surface area contributed by atoms with Crippen molar-refractivity contribution < 1.29 is 4.79 Å². The van der Waals surface area contributed by atoms with Crippen molar-refractivity contribution >= 4 is 5.91 Å². The van der Waals surface area contributed by atoms with Gasteiger partial charge >= 0.3 is 0 Å². The van der Waals surface area contributed by atoms with E-state index in [1.807, 2.05) is 44.3 Å². The molecule has 2 rings (SSSR count). The van der Waals surface area contributed by atoms with Gasteiger partial charge in [0.2, 0.25) is 0 Å². The quantitative estimate of drug-likeness (QED) is 0.777. The average Bonchev–Trinajstić information content (AvgIpc) is 2.29. The van der Waals surface area contributed by atoms with Crippen LogP contribution in [0.25, 0.3) is 0 Å². The number of nitrogens with one attached hydrogen (secondary N) is 1. The Morgan fingerprint density at radius 2 is 1.94 bits per heavy atom. The smallest absolute Gasteiger partial charge is 0.258 e. The molecular weight excluding hydrogens is 200 g/mol. The Kier molecular flexibility index (Phi) is 3.06. The molecule has 1 N–H and O–H groups in total. The molecule has 1 heterocycles. The Balaban J connectivity index is 2.19. The molecule has 84 valence electrons. The van der Waals surface area contributed by atoms with Gasteiger partial charge in [0, 0.05) is 18.3 Å².